The quantitative estimate of drug-likeness (QED) is 0.692. The zero-order chi connectivity index (χ0) is 12.0. The standard InChI is InChI=1S/C10H14N2O3S/c1-2-16(14,15)7-3-4-10(13)9-5-6-11-12-8-9/h5-6,8H,2-4,7H2,1H3. The maximum absolute atomic E-state index is 11.6. The van der Waals surface area contributed by atoms with E-state index < -0.39 is 9.84 Å². The number of carbonyl (C=O) groups excluding carboxylic acids is 1. The van der Waals surface area contributed by atoms with Gasteiger partial charge in [-0.15, -0.1) is 0 Å². The van der Waals surface area contributed by atoms with Gasteiger partial charge in [-0.05, 0) is 12.5 Å². The van der Waals surface area contributed by atoms with Crippen molar-refractivity contribution in [1.82, 2.24) is 10.2 Å². The Morgan fingerprint density at radius 1 is 1.38 bits per heavy atom. The summed E-state index contributed by atoms with van der Waals surface area (Å²) in [6.45, 7) is 1.60. The van der Waals surface area contributed by atoms with Crippen molar-refractivity contribution in [2.45, 2.75) is 19.8 Å². The Morgan fingerprint density at radius 3 is 2.69 bits per heavy atom. The predicted octanol–water partition coefficient (Wildman–Crippen LogP) is 0.874. The minimum atomic E-state index is -2.98. The van der Waals surface area contributed by atoms with Gasteiger partial charge < -0.3 is 0 Å². The first kappa shape index (κ1) is 12.8. The van der Waals surface area contributed by atoms with Crippen LogP contribution in [-0.4, -0.2) is 35.9 Å². The average Bonchev–Trinajstić information content (AvgIpc) is 2.30. The summed E-state index contributed by atoms with van der Waals surface area (Å²) in [5, 5.41) is 7.15. The van der Waals surface area contributed by atoms with Crippen molar-refractivity contribution in [2.24, 2.45) is 0 Å². The van der Waals surface area contributed by atoms with E-state index in [9.17, 15) is 13.2 Å². The molecule has 1 aromatic rings. The van der Waals surface area contributed by atoms with Crippen LogP contribution >= 0.6 is 0 Å². The molecule has 0 unspecified atom stereocenters. The van der Waals surface area contributed by atoms with Crippen LogP contribution in [0.25, 0.3) is 0 Å². The Morgan fingerprint density at radius 2 is 2.12 bits per heavy atom. The highest BCUT2D eigenvalue weighted by molar-refractivity contribution is 7.91. The fourth-order valence-electron chi connectivity index (χ4n) is 1.20. The second-order valence-electron chi connectivity index (χ2n) is 3.39. The van der Waals surface area contributed by atoms with Crippen molar-refractivity contribution in [3.8, 4) is 0 Å². The molecule has 0 aliphatic heterocycles. The van der Waals surface area contributed by atoms with Gasteiger partial charge in [0, 0.05) is 17.7 Å². The minimum absolute atomic E-state index is 0.0632. The largest absolute Gasteiger partial charge is 0.294 e. The molecule has 0 bridgehead atoms. The number of rotatable bonds is 6. The third-order valence-electron chi connectivity index (χ3n) is 2.21. The van der Waals surface area contributed by atoms with E-state index in [1.165, 1.54) is 12.4 Å². The highest BCUT2D eigenvalue weighted by Gasteiger charge is 2.10. The highest BCUT2D eigenvalue weighted by atomic mass is 32.2. The van der Waals surface area contributed by atoms with Crippen molar-refractivity contribution in [3.63, 3.8) is 0 Å². The van der Waals surface area contributed by atoms with Crippen molar-refractivity contribution < 1.29 is 13.2 Å². The van der Waals surface area contributed by atoms with Gasteiger partial charge in [-0.2, -0.15) is 10.2 Å². The van der Waals surface area contributed by atoms with E-state index >= 15 is 0 Å². The monoisotopic (exact) mass is 242 g/mol. The van der Waals surface area contributed by atoms with Crippen LogP contribution in [0.5, 0.6) is 0 Å². The van der Waals surface area contributed by atoms with Gasteiger partial charge in [-0.1, -0.05) is 6.92 Å². The number of ketones is 1. The van der Waals surface area contributed by atoms with Gasteiger partial charge >= 0.3 is 0 Å². The predicted molar refractivity (Wildman–Crippen MR) is 59.9 cm³/mol. The zero-order valence-corrected chi connectivity index (χ0v) is 9.90. The van der Waals surface area contributed by atoms with Crippen LogP contribution in [0.2, 0.25) is 0 Å². The van der Waals surface area contributed by atoms with Gasteiger partial charge in [-0.25, -0.2) is 8.42 Å². The van der Waals surface area contributed by atoms with E-state index in [1.54, 1.807) is 13.0 Å². The summed E-state index contributed by atoms with van der Waals surface area (Å²) in [5.74, 6) is 0.0902. The lowest BCUT2D eigenvalue weighted by molar-refractivity contribution is 0.0981. The molecule has 0 radical (unpaired) electrons. The number of nitrogens with zero attached hydrogens (tertiary/aromatic N) is 2. The van der Waals surface area contributed by atoms with Crippen LogP contribution in [0.15, 0.2) is 18.5 Å². The number of hydrogen-bond donors (Lipinski definition) is 0. The van der Waals surface area contributed by atoms with Crippen LogP contribution in [0.3, 0.4) is 0 Å². The fraction of sp³-hybridized carbons (Fsp3) is 0.500. The lowest BCUT2D eigenvalue weighted by Crippen LogP contribution is -2.10. The van der Waals surface area contributed by atoms with Gasteiger partial charge in [0.05, 0.1) is 18.1 Å². The molecule has 5 nitrogen and oxygen atoms in total. The lowest BCUT2D eigenvalue weighted by Gasteiger charge is -2.01. The molecule has 0 aromatic carbocycles. The topological polar surface area (TPSA) is 77.0 Å². The molecule has 16 heavy (non-hydrogen) atoms. The summed E-state index contributed by atoms with van der Waals surface area (Å²) in [7, 11) is -2.98. The van der Waals surface area contributed by atoms with Crippen LogP contribution in [0, 0.1) is 0 Å². The Labute approximate surface area is 94.8 Å². The average molecular weight is 242 g/mol. The Balaban J connectivity index is 2.43. The Bertz CT molecular complexity index is 442. The van der Waals surface area contributed by atoms with Gasteiger partial charge in [0.2, 0.25) is 0 Å². The van der Waals surface area contributed by atoms with Crippen LogP contribution in [0.4, 0.5) is 0 Å². The van der Waals surface area contributed by atoms with Gasteiger partial charge in [0.15, 0.2) is 5.78 Å². The van der Waals surface area contributed by atoms with E-state index in [0.717, 1.165) is 0 Å². The Kier molecular flexibility index (Phi) is 4.54. The molecule has 0 atom stereocenters. The van der Waals surface area contributed by atoms with Gasteiger partial charge in [0.25, 0.3) is 0 Å². The summed E-state index contributed by atoms with van der Waals surface area (Å²) in [6.07, 6.45) is 3.41. The maximum atomic E-state index is 11.6. The summed E-state index contributed by atoms with van der Waals surface area (Å²) in [4.78, 5) is 11.6. The van der Waals surface area contributed by atoms with Gasteiger partial charge in [-0.3, -0.25) is 4.79 Å². The first-order valence-electron chi connectivity index (χ1n) is 5.05. The van der Waals surface area contributed by atoms with Crippen molar-refractivity contribution >= 4 is 15.6 Å². The third-order valence-corrected chi connectivity index (χ3v) is 4.00. The zero-order valence-electron chi connectivity index (χ0n) is 9.09. The van der Waals surface area contributed by atoms with E-state index in [2.05, 4.69) is 10.2 Å². The third kappa shape index (κ3) is 4.06. The molecule has 0 aliphatic carbocycles. The van der Waals surface area contributed by atoms with E-state index in [4.69, 9.17) is 0 Å². The van der Waals surface area contributed by atoms with Crippen molar-refractivity contribution in [2.75, 3.05) is 11.5 Å². The first-order chi connectivity index (χ1) is 7.55. The lowest BCUT2D eigenvalue weighted by atomic mass is 10.1. The minimum Gasteiger partial charge on any atom is -0.294 e. The molecule has 1 rings (SSSR count). The molecule has 6 heteroatoms. The molecular weight excluding hydrogens is 228 g/mol. The molecule has 1 heterocycles. The first-order valence-corrected chi connectivity index (χ1v) is 6.87. The van der Waals surface area contributed by atoms with Crippen molar-refractivity contribution in [1.29, 1.82) is 0 Å². The maximum Gasteiger partial charge on any atom is 0.164 e. The van der Waals surface area contributed by atoms with E-state index in [1.807, 2.05) is 0 Å². The number of sulfone groups is 1. The molecule has 0 N–H and O–H groups in total. The summed E-state index contributed by atoms with van der Waals surface area (Å²) < 4.78 is 22.4. The summed E-state index contributed by atoms with van der Waals surface area (Å²) >= 11 is 0. The second-order valence-corrected chi connectivity index (χ2v) is 5.87. The molecule has 0 aliphatic rings. The van der Waals surface area contributed by atoms with E-state index in [0.29, 0.717) is 12.0 Å². The van der Waals surface area contributed by atoms with Gasteiger partial charge in [0.1, 0.15) is 9.84 Å². The fourth-order valence-corrected chi connectivity index (χ4v) is 2.07. The Hall–Kier alpha value is -1.30. The van der Waals surface area contributed by atoms with Crippen molar-refractivity contribution in [3.05, 3.63) is 24.0 Å². The number of hydrogen-bond acceptors (Lipinski definition) is 5. The van der Waals surface area contributed by atoms with Crippen LogP contribution < -0.4 is 0 Å². The molecule has 88 valence electrons. The summed E-state index contributed by atoms with van der Waals surface area (Å²) in [5.41, 5.74) is 0.476. The molecule has 0 amide bonds. The SMILES string of the molecule is CCS(=O)(=O)CCCC(=O)c1ccnnc1. The van der Waals surface area contributed by atoms with Crippen LogP contribution in [-0.2, 0) is 9.84 Å². The molecular formula is C10H14N2O3S. The number of aromatic nitrogens is 2. The molecule has 0 saturated carbocycles. The smallest absolute Gasteiger partial charge is 0.164 e. The molecule has 1 aromatic heterocycles. The number of carbonyl (C=O) groups is 1. The number of Topliss-reactive ketones (excluding diaryl/α,β-unsaturated/α-hetero) is 1. The molecule has 0 fully saturated rings. The molecule has 0 spiro atoms. The van der Waals surface area contributed by atoms with E-state index in [-0.39, 0.29) is 23.7 Å². The normalized spacial score (nSPS) is 11.3. The molecule has 0 saturated heterocycles. The highest BCUT2D eigenvalue weighted by Crippen LogP contribution is 2.04. The second kappa shape index (κ2) is 5.69. The summed E-state index contributed by atoms with van der Waals surface area (Å²) in [6, 6.07) is 1.57. The van der Waals surface area contributed by atoms with Crippen LogP contribution in [0.1, 0.15) is 30.1 Å².